The number of pyridine rings is 1. The van der Waals surface area contributed by atoms with E-state index in [1.807, 2.05) is 17.9 Å². The van der Waals surface area contributed by atoms with Crippen molar-refractivity contribution in [3.05, 3.63) is 47.0 Å². The maximum absolute atomic E-state index is 12.4. The molecule has 0 aliphatic carbocycles. The number of aryl methyl sites for hydroxylation is 2. The lowest BCUT2D eigenvalue weighted by Gasteiger charge is -2.33. The molecule has 0 unspecified atom stereocenters. The van der Waals surface area contributed by atoms with Crippen molar-refractivity contribution in [2.45, 2.75) is 32.7 Å². The van der Waals surface area contributed by atoms with E-state index in [9.17, 15) is 9.59 Å². The Labute approximate surface area is 145 Å². The van der Waals surface area contributed by atoms with Gasteiger partial charge in [0.2, 0.25) is 0 Å². The molecule has 0 atom stereocenters. The van der Waals surface area contributed by atoms with Gasteiger partial charge in [-0.25, -0.2) is 9.78 Å². The SMILES string of the molecule is Cc1cc(C(=O)NC2CCN(c3cccc(C(=O)O)n3)CC2)c(C)o1. The van der Waals surface area contributed by atoms with Gasteiger partial charge in [-0.2, -0.15) is 0 Å². The van der Waals surface area contributed by atoms with Gasteiger partial charge in [0.1, 0.15) is 17.3 Å². The summed E-state index contributed by atoms with van der Waals surface area (Å²) in [5, 5.41) is 12.1. The topological polar surface area (TPSA) is 95.7 Å². The molecular formula is C18H21N3O4. The fourth-order valence-electron chi connectivity index (χ4n) is 3.09. The average molecular weight is 343 g/mol. The normalized spacial score (nSPS) is 15.2. The van der Waals surface area contributed by atoms with E-state index in [4.69, 9.17) is 9.52 Å². The van der Waals surface area contributed by atoms with Crippen molar-refractivity contribution in [3.8, 4) is 0 Å². The molecule has 0 spiro atoms. The quantitative estimate of drug-likeness (QED) is 0.885. The fourth-order valence-corrected chi connectivity index (χ4v) is 3.09. The minimum atomic E-state index is -1.03. The number of rotatable bonds is 4. The number of nitrogens with zero attached hydrogens (tertiary/aromatic N) is 2. The number of hydrogen-bond donors (Lipinski definition) is 2. The van der Waals surface area contributed by atoms with E-state index in [1.54, 1.807) is 19.1 Å². The van der Waals surface area contributed by atoms with Crippen LogP contribution >= 0.6 is 0 Å². The highest BCUT2D eigenvalue weighted by atomic mass is 16.4. The Morgan fingerprint density at radius 2 is 2.00 bits per heavy atom. The molecule has 25 heavy (non-hydrogen) atoms. The molecule has 132 valence electrons. The van der Waals surface area contributed by atoms with Crippen LogP contribution in [0.4, 0.5) is 5.82 Å². The summed E-state index contributed by atoms with van der Waals surface area (Å²) in [6, 6.07) is 6.82. The Morgan fingerprint density at radius 3 is 2.60 bits per heavy atom. The molecule has 1 fully saturated rings. The van der Waals surface area contributed by atoms with Gasteiger partial charge in [0, 0.05) is 19.1 Å². The molecule has 1 aliphatic heterocycles. The minimum Gasteiger partial charge on any atom is -0.477 e. The number of carbonyl (C=O) groups excluding carboxylic acids is 1. The summed E-state index contributed by atoms with van der Waals surface area (Å²) in [4.78, 5) is 29.6. The second kappa shape index (κ2) is 6.96. The van der Waals surface area contributed by atoms with Crippen LogP contribution in [0.15, 0.2) is 28.7 Å². The number of piperidine rings is 1. The maximum atomic E-state index is 12.4. The summed E-state index contributed by atoms with van der Waals surface area (Å²) in [6.07, 6.45) is 1.56. The van der Waals surface area contributed by atoms with E-state index >= 15 is 0 Å². The molecule has 0 radical (unpaired) electrons. The number of anilines is 1. The lowest BCUT2D eigenvalue weighted by Crippen LogP contribution is -2.45. The number of amides is 1. The van der Waals surface area contributed by atoms with Crippen molar-refractivity contribution in [1.29, 1.82) is 0 Å². The average Bonchev–Trinajstić information content (AvgIpc) is 2.94. The third-order valence-corrected chi connectivity index (χ3v) is 4.39. The lowest BCUT2D eigenvalue weighted by atomic mass is 10.0. The number of carboxylic acids is 1. The highest BCUT2D eigenvalue weighted by Crippen LogP contribution is 2.19. The molecule has 1 saturated heterocycles. The van der Waals surface area contributed by atoms with E-state index < -0.39 is 5.97 Å². The number of aromatic carboxylic acids is 1. The van der Waals surface area contributed by atoms with Crippen molar-refractivity contribution in [1.82, 2.24) is 10.3 Å². The predicted octanol–water partition coefficient (Wildman–Crippen LogP) is 2.39. The van der Waals surface area contributed by atoms with Gasteiger partial charge in [0.15, 0.2) is 5.69 Å². The first-order chi connectivity index (χ1) is 11.9. The number of furan rings is 1. The van der Waals surface area contributed by atoms with E-state index in [0.717, 1.165) is 18.6 Å². The van der Waals surface area contributed by atoms with Crippen LogP contribution < -0.4 is 10.2 Å². The molecule has 2 aromatic heterocycles. The summed E-state index contributed by atoms with van der Waals surface area (Å²) in [6.45, 7) is 5.03. The Kier molecular flexibility index (Phi) is 4.74. The zero-order chi connectivity index (χ0) is 18.0. The van der Waals surface area contributed by atoms with Gasteiger partial charge in [-0.3, -0.25) is 4.79 Å². The molecule has 7 nitrogen and oxygen atoms in total. The summed E-state index contributed by atoms with van der Waals surface area (Å²) in [7, 11) is 0. The molecule has 2 aromatic rings. The Morgan fingerprint density at radius 1 is 1.28 bits per heavy atom. The molecule has 1 aliphatic rings. The number of hydrogen-bond acceptors (Lipinski definition) is 5. The third kappa shape index (κ3) is 3.81. The van der Waals surface area contributed by atoms with Crippen molar-refractivity contribution < 1.29 is 19.1 Å². The third-order valence-electron chi connectivity index (χ3n) is 4.39. The Bertz CT molecular complexity index is 791. The number of carbonyl (C=O) groups is 2. The molecule has 7 heteroatoms. The highest BCUT2D eigenvalue weighted by Gasteiger charge is 2.23. The van der Waals surface area contributed by atoms with Gasteiger partial charge < -0.3 is 19.7 Å². The van der Waals surface area contributed by atoms with Gasteiger partial charge in [-0.1, -0.05) is 6.07 Å². The van der Waals surface area contributed by atoms with Gasteiger partial charge in [0.05, 0.1) is 5.56 Å². The van der Waals surface area contributed by atoms with Crippen LogP contribution in [0, 0.1) is 13.8 Å². The highest BCUT2D eigenvalue weighted by molar-refractivity contribution is 5.95. The largest absolute Gasteiger partial charge is 0.477 e. The minimum absolute atomic E-state index is 0.0405. The second-order valence-corrected chi connectivity index (χ2v) is 6.25. The number of nitrogens with one attached hydrogen (secondary N) is 1. The molecule has 1 amide bonds. The van der Waals surface area contributed by atoms with Crippen molar-refractivity contribution in [2.75, 3.05) is 18.0 Å². The smallest absolute Gasteiger partial charge is 0.354 e. The van der Waals surface area contributed by atoms with Crippen LogP contribution in [0.3, 0.4) is 0 Å². The first kappa shape index (κ1) is 17.0. The van der Waals surface area contributed by atoms with E-state index in [1.165, 1.54) is 6.07 Å². The van der Waals surface area contributed by atoms with Crippen molar-refractivity contribution >= 4 is 17.7 Å². The Balaban J connectivity index is 1.58. The molecule has 3 rings (SSSR count). The zero-order valence-corrected chi connectivity index (χ0v) is 14.3. The fraction of sp³-hybridized carbons (Fsp3) is 0.389. The van der Waals surface area contributed by atoms with E-state index in [0.29, 0.717) is 30.2 Å². The summed E-state index contributed by atoms with van der Waals surface area (Å²) in [5.74, 6) is 0.864. The van der Waals surface area contributed by atoms with Gasteiger partial charge >= 0.3 is 5.97 Å². The van der Waals surface area contributed by atoms with Crippen LogP contribution in [-0.4, -0.2) is 41.1 Å². The molecule has 3 heterocycles. The van der Waals surface area contributed by atoms with E-state index in [2.05, 4.69) is 10.3 Å². The van der Waals surface area contributed by atoms with Gasteiger partial charge in [0.25, 0.3) is 5.91 Å². The van der Waals surface area contributed by atoms with Gasteiger partial charge in [-0.05, 0) is 44.9 Å². The van der Waals surface area contributed by atoms with Gasteiger partial charge in [-0.15, -0.1) is 0 Å². The monoisotopic (exact) mass is 343 g/mol. The zero-order valence-electron chi connectivity index (χ0n) is 14.3. The lowest BCUT2D eigenvalue weighted by molar-refractivity contribution is 0.0690. The summed E-state index contributed by atoms with van der Waals surface area (Å²) in [5.41, 5.74) is 0.620. The number of carboxylic acid groups (broad SMARTS) is 1. The Hall–Kier alpha value is -2.83. The van der Waals surface area contributed by atoms with Crippen LogP contribution in [0.25, 0.3) is 0 Å². The standard InChI is InChI=1S/C18H21N3O4/c1-11-10-14(12(2)25-11)17(22)19-13-6-8-21(9-7-13)16-5-3-4-15(20-16)18(23)24/h3-5,10,13H,6-9H2,1-2H3,(H,19,22)(H,23,24). The first-order valence-corrected chi connectivity index (χ1v) is 8.27. The van der Waals surface area contributed by atoms with Crippen LogP contribution in [0.2, 0.25) is 0 Å². The molecule has 0 saturated carbocycles. The maximum Gasteiger partial charge on any atom is 0.354 e. The van der Waals surface area contributed by atoms with Crippen LogP contribution in [-0.2, 0) is 0 Å². The van der Waals surface area contributed by atoms with E-state index in [-0.39, 0.29) is 17.6 Å². The second-order valence-electron chi connectivity index (χ2n) is 6.25. The predicted molar refractivity (Wildman–Crippen MR) is 92.1 cm³/mol. The molecular weight excluding hydrogens is 322 g/mol. The molecule has 2 N–H and O–H groups in total. The summed E-state index contributed by atoms with van der Waals surface area (Å²) >= 11 is 0. The number of aromatic nitrogens is 1. The van der Waals surface area contributed by atoms with Crippen molar-refractivity contribution in [3.63, 3.8) is 0 Å². The summed E-state index contributed by atoms with van der Waals surface area (Å²) < 4.78 is 5.40. The molecule has 0 aromatic carbocycles. The van der Waals surface area contributed by atoms with Crippen LogP contribution in [0.1, 0.15) is 45.2 Å². The van der Waals surface area contributed by atoms with Crippen LogP contribution in [0.5, 0.6) is 0 Å². The molecule has 0 bridgehead atoms. The van der Waals surface area contributed by atoms with Crippen molar-refractivity contribution in [2.24, 2.45) is 0 Å². The first-order valence-electron chi connectivity index (χ1n) is 8.27.